The summed E-state index contributed by atoms with van der Waals surface area (Å²) < 4.78 is 120. The van der Waals surface area contributed by atoms with Crippen molar-refractivity contribution in [1.82, 2.24) is 0 Å². The lowest BCUT2D eigenvalue weighted by atomic mass is 9.93. The van der Waals surface area contributed by atoms with Crippen LogP contribution in [-0.4, -0.2) is 36.5 Å². The van der Waals surface area contributed by atoms with E-state index in [9.17, 15) is 39.5 Å². The summed E-state index contributed by atoms with van der Waals surface area (Å²) in [6.07, 6.45) is -13.0. The summed E-state index contributed by atoms with van der Waals surface area (Å²) in [5.41, 5.74) is -5.73. The van der Waals surface area contributed by atoms with Crippen molar-refractivity contribution in [2.45, 2.75) is 36.8 Å². The molecule has 0 aromatic rings. The van der Waals surface area contributed by atoms with Crippen LogP contribution in [0.1, 0.15) is 6.92 Å². The van der Waals surface area contributed by atoms with E-state index in [1.165, 1.54) is 0 Å². The quantitative estimate of drug-likeness (QED) is 0.691. The minimum absolute atomic E-state index is 0.0454. The molecule has 0 N–H and O–H groups in total. The second kappa shape index (κ2) is 3.65. The van der Waals surface area contributed by atoms with Gasteiger partial charge in [0.15, 0.2) is 6.67 Å². The summed E-state index contributed by atoms with van der Waals surface area (Å²) in [6.45, 7) is -2.94. The first kappa shape index (κ1) is 15.3. The molecule has 0 spiro atoms. The predicted molar refractivity (Wildman–Crippen MR) is 36.3 cm³/mol. The highest BCUT2D eigenvalue weighted by Gasteiger charge is 2.89. The summed E-state index contributed by atoms with van der Waals surface area (Å²) in [5, 5.41) is 0. The van der Waals surface area contributed by atoms with Gasteiger partial charge < -0.3 is 0 Å². The molecule has 0 aromatic heterocycles. The number of alkyl halides is 9. The Labute approximate surface area is 93.6 Å². The maximum atomic E-state index is 13.4. The zero-order chi connectivity index (χ0) is 14.6. The maximum Gasteiger partial charge on any atom is 0.432 e. The first-order chi connectivity index (χ1) is 7.72. The highest BCUT2D eigenvalue weighted by Crippen LogP contribution is 2.60. The molecule has 18 heavy (non-hydrogen) atoms. The second-order valence-corrected chi connectivity index (χ2v) is 3.58. The van der Waals surface area contributed by atoms with Gasteiger partial charge in [0, 0.05) is 6.92 Å². The fourth-order valence-corrected chi connectivity index (χ4v) is 1.55. The molecule has 1 fully saturated rings. The third-order valence-corrected chi connectivity index (χ3v) is 2.18. The first-order valence-electron chi connectivity index (χ1n) is 4.20. The Hall–Kier alpha value is -0.710. The van der Waals surface area contributed by atoms with Gasteiger partial charge >= 0.3 is 24.0 Å². The van der Waals surface area contributed by atoms with Crippen LogP contribution in [0, 0.1) is 0 Å². The molecule has 1 saturated heterocycles. The number of halogens is 9. The molecular formula is C7H5F9O2. The zero-order valence-electron chi connectivity index (χ0n) is 8.43. The molecule has 0 amide bonds. The molecule has 2 nitrogen and oxygen atoms in total. The van der Waals surface area contributed by atoms with Gasteiger partial charge in [-0.05, 0) is 0 Å². The second-order valence-electron chi connectivity index (χ2n) is 3.58. The molecule has 1 rings (SSSR count). The lowest BCUT2D eigenvalue weighted by Crippen LogP contribution is -2.68. The smallest absolute Gasteiger partial charge is 0.294 e. The van der Waals surface area contributed by atoms with Gasteiger partial charge in [-0.3, -0.25) is 9.47 Å². The van der Waals surface area contributed by atoms with Crippen molar-refractivity contribution in [2.75, 3.05) is 6.67 Å². The molecule has 1 heterocycles. The van der Waals surface area contributed by atoms with Crippen LogP contribution in [0.15, 0.2) is 0 Å². The van der Waals surface area contributed by atoms with Crippen molar-refractivity contribution in [2.24, 2.45) is 0 Å². The van der Waals surface area contributed by atoms with Gasteiger partial charge in [0.25, 0.3) is 5.85 Å². The Bertz CT molecular complexity index is 319. The molecule has 2 atom stereocenters. The van der Waals surface area contributed by atoms with Gasteiger partial charge in [-0.2, -0.15) is 30.7 Å². The summed E-state index contributed by atoms with van der Waals surface area (Å²) in [6, 6.07) is -4.08. The third-order valence-electron chi connectivity index (χ3n) is 2.18. The van der Waals surface area contributed by atoms with E-state index < -0.39 is 36.5 Å². The fraction of sp³-hybridized carbons (Fsp3) is 1.00. The molecular weight excluding hydrogens is 287 g/mol. The lowest BCUT2D eigenvalue weighted by Gasteiger charge is -2.37. The van der Waals surface area contributed by atoms with Crippen LogP contribution in [0.4, 0.5) is 39.5 Å². The lowest BCUT2D eigenvalue weighted by molar-refractivity contribution is -0.413. The molecule has 2 unspecified atom stereocenters. The van der Waals surface area contributed by atoms with Crippen LogP contribution >= 0.6 is 0 Å². The monoisotopic (exact) mass is 292 g/mol. The molecule has 1 aliphatic rings. The van der Waals surface area contributed by atoms with Gasteiger partial charge in [-0.1, -0.05) is 0 Å². The highest BCUT2D eigenvalue weighted by molar-refractivity contribution is 5.10. The number of rotatable bonds is 1. The molecule has 0 aliphatic carbocycles. The molecule has 1 aliphatic heterocycles. The molecule has 108 valence electrons. The Balaban J connectivity index is 3.53. The average molecular weight is 292 g/mol. The van der Waals surface area contributed by atoms with E-state index in [4.69, 9.17) is 0 Å². The normalized spacial score (nSPS) is 37.0. The largest absolute Gasteiger partial charge is 0.432 e. The van der Waals surface area contributed by atoms with Gasteiger partial charge in [-0.15, -0.1) is 0 Å². The number of hydrogen-bond acceptors (Lipinski definition) is 2. The van der Waals surface area contributed by atoms with Crippen LogP contribution in [0.25, 0.3) is 0 Å². The Kier molecular flexibility index (Phi) is 3.11. The fourth-order valence-electron chi connectivity index (χ4n) is 1.55. The van der Waals surface area contributed by atoms with Gasteiger partial charge in [0.2, 0.25) is 0 Å². The van der Waals surface area contributed by atoms with Crippen LogP contribution < -0.4 is 0 Å². The van der Waals surface area contributed by atoms with E-state index in [0.29, 0.717) is 0 Å². The van der Waals surface area contributed by atoms with Crippen molar-refractivity contribution in [3.63, 3.8) is 0 Å². The molecule has 0 radical (unpaired) electrons. The van der Waals surface area contributed by atoms with Crippen LogP contribution in [0.3, 0.4) is 0 Å². The Morgan fingerprint density at radius 1 is 0.889 bits per heavy atom. The van der Waals surface area contributed by atoms with Crippen molar-refractivity contribution >= 4 is 0 Å². The third kappa shape index (κ3) is 1.83. The Morgan fingerprint density at radius 3 is 1.50 bits per heavy atom. The minimum Gasteiger partial charge on any atom is -0.294 e. The van der Waals surface area contributed by atoms with Crippen molar-refractivity contribution in [3.05, 3.63) is 0 Å². The van der Waals surface area contributed by atoms with E-state index in [2.05, 4.69) is 9.47 Å². The molecule has 0 bridgehead atoms. The van der Waals surface area contributed by atoms with E-state index in [1.807, 2.05) is 0 Å². The average Bonchev–Trinajstić information content (AvgIpc) is 2.32. The van der Waals surface area contributed by atoms with Gasteiger partial charge in [-0.25, -0.2) is 8.78 Å². The standard InChI is InChI=1S/C7H5F9O2/c1-3(9)17-4(10,2-8)5(18-3,6(11,12)13)7(14,15)16/h2H2,1H3. The highest BCUT2D eigenvalue weighted by atomic mass is 19.4. The summed E-state index contributed by atoms with van der Waals surface area (Å²) in [5.74, 6) is -5.06. The molecule has 0 aromatic carbocycles. The van der Waals surface area contributed by atoms with E-state index in [0.717, 1.165) is 0 Å². The summed E-state index contributed by atoms with van der Waals surface area (Å²) >= 11 is 0. The van der Waals surface area contributed by atoms with Crippen molar-refractivity contribution < 1.29 is 49.0 Å². The van der Waals surface area contributed by atoms with E-state index in [-0.39, 0.29) is 6.92 Å². The Morgan fingerprint density at radius 2 is 1.28 bits per heavy atom. The topological polar surface area (TPSA) is 18.5 Å². The van der Waals surface area contributed by atoms with Crippen molar-refractivity contribution in [3.8, 4) is 0 Å². The first-order valence-corrected chi connectivity index (χ1v) is 4.20. The van der Waals surface area contributed by atoms with Crippen molar-refractivity contribution in [1.29, 1.82) is 0 Å². The SMILES string of the molecule is CC1(F)OC(F)(CF)C(C(F)(F)F)(C(F)(F)F)O1. The van der Waals surface area contributed by atoms with Gasteiger partial charge in [0.1, 0.15) is 0 Å². The minimum atomic E-state index is -6.48. The number of hydrogen-bond donors (Lipinski definition) is 0. The predicted octanol–water partition coefficient (Wildman–Crippen LogP) is 3.18. The maximum absolute atomic E-state index is 13.4. The molecule has 0 saturated carbocycles. The zero-order valence-corrected chi connectivity index (χ0v) is 8.43. The number of ether oxygens (including phenoxy) is 2. The summed E-state index contributed by atoms with van der Waals surface area (Å²) in [7, 11) is 0. The van der Waals surface area contributed by atoms with Crippen LogP contribution in [0.2, 0.25) is 0 Å². The van der Waals surface area contributed by atoms with E-state index in [1.54, 1.807) is 0 Å². The van der Waals surface area contributed by atoms with Gasteiger partial charge in [0.05, 0.1) is 0 Å². The summed E-state index contributed by atoms with van der Waals surface area (Å²) in [4.78, 5) is 0. The van der Waals surface area contributed by atoms with Crippen LogP contribution in [0.5, 0.6) is 0 Å². The molecule has 11 heteroatoms. The van der Waals surface area contributed by atoms with Crippen LogP contribution in [-0.2, 0) is 9.47 Å². The van der Waals surface area contributed by atoms with E-state index >= 15 is 0 Å².